The van der Waals surface area contributed by atoms with Gasteiger partial charge in [0.2, 0.25) is 0 Å². The molecule has 0 atom stereocenters. The predicted octanol–water partition coefficient (Wildman–Crippen LogP) is 5.24. The Labute approximate surface area is 193 Å². The number of carbonyl (C=O) groups excluding carboxylic acids is 1. The quantitative estimate of drug-likeness (QED) is 0.510. The average Bonchev–Trinajstić information content (AvgIpc) is 3.36. The smallest absolute Gasteiger partial charge is 0.352 e. The van der Waals surface area contributed by atoms with Crippen molar-refractivity contribution in [2.45, 2.75) is 26.6 Å². The van der Waals surface area contributed by atoms with Crippen molar-refractivity contribution in [2.75, 3.05) is 31.1 Å². The molecule has 0 saturated carbocycles. The van der Waals surface area contributed by atoms with E-state index in [-0.39, 0.29) is 10.9 Å². The zero-order valence-electron chi connectivity index (χ0n) is 17.6. The second-order valence-electron chi connectivity index (χ2n) is 7.76. The summed E-state index contributed by atoms with van der Waals surface area (Å²) in [6, 6.07) is 6.90. The third-order valence-electron chi connectivity index (χ3n) is 5.71. The Morgan fingerprint density at radius 2 is 1.91 bits per heavy atom. The highest BCUT2D eigenvalue weighted by molar-refractivity contribution is 7.09. The van der Waals surface area contributed by atoms with Crippen LogP contribution in [0.1, 0.15) is 32.2 Å². The monoisotopic (exact) mass is 482 g/mol. The SMILES string of the molecule is Cc1cc(C(=O)N2CCN(c3ncc(C(F)(F)F)cc3Cl)CC2)c(C)n1Cc1cccs1. The van der Waals surface area contributed by atoms with E-state index in [9.17, 15) is 18.0 Å². The molecule has 0 aliphatic carbocycles. The van der Waals surface area contributed by atoms with E-state index < -0.39 is 11.7 Å². The molecule has 32 heavy (non-hydrogen) atoms. The summed E-state index contributed by atoms with van der Waals surface area (Å²) >= 11 is 7.76. The van der Waals surface area contributed by atoms with Crippen LogP contribution in [0.15, 0.2) is 35.8 Å². The van der Waals surface area contributed by atoms with Crippen molar-refractivity contribution in [1.29, 1.82) is 0 Å². The van der Waals surface area contributed by atoms with Gasteiger partial charge in [0, 0.05) is 48.6 Å². The lowest BCUT2D eigenvalue weighted by Gasteiger charge is -2.35. The third-order valence-corrected chi connectivity index (χ3v) is 6.85. The first-order chi connectivity index (χ1) is 15.1. The molecule has 3 aromatic rings. The number of aryl methyl sites for hydroxylation is 1. The fourth-order valence-electron chi connectivity index (χ4n) is 3.93. The number of hydrogen-bond acceptors (Lipinski definition) is 4. The van der Waals surface area contributed by atoms with Crippen LogP contribution in [0.25, 0.3) is 0 Å². The summed E-state index contributed by atoms with van der Waals surface area (Å²) in [5.74, 6) is 0.266. The zero-order chi connectivity index (χ0) is 23.0. The normalized spacial score (nSPS) is 14.8. The molecule has 170 valence electrons. The molecule has 1 fully saturated rings. The molecule has 4 rings (SSSR count). The van der Waals surface area contributed by atoms with Crippen LogP contribution < -0.4 is 4.90 Å². The number of amides is 1. The van der Waals surface area contributed by atoms with Crippen LogP contribution in [0.3, 0.4) is 0 Å². The molecule has 0 aromatic carbocycles. The van der Waals surface area contributed by atoms with Crippen LogP contribution in [0.4, 0.5) is 19.0 Å². The fraction of sp³-hybridized carbons (Fsp3) is 0.364. The van der Waals surface area contributed by atoms with Gasteiger partial charge in [-0.15, -0.1) is 11.3 Å². The number of halogens is 4. The summed E-state index contributed by atoms with van der Waals surface area (Å²) in [4.78, 5) is 21.9. The highest BCUT2D eigenvalue weighted by Gasteiger charge is 2.33. The second kappa shape index (κ2) is 8.78. The predicted molar refractivity (Wildman–Crippen MR) is 120 cm³/mol. The van der Waals surface area contributed by atoms with E-state index in [0.29, 0.717) is 37.6 Å². The lowest BCUT2D eigenvalue weighted by Crippen LogP contribution is -2.49. The number of rotatable bonds is 4. The first-order valence-corrected chi connectivity index (χ1v) is 11.4. The van der Waals surface area contributed by atoms with Crippen molar-refractivity contribution < 1.29 is 18.0 Å². The van der Waals surface area contributed by atoms with E-state index >= 15 is 0 Å². The average molecular weight is 483 g/mol. The Hall–Kier alpha value is -2.52. The van der Waals surface area contributed by atoms with Gasteiger partial charge in [-0.05, 0) is 37.4 Å². The molecule has 10 heteroatoms. The molecule has 0 unspecified atom stereocenters. The van der Waals surface area contributed by atoms with Crippen molar-refractivity contribution in [1.82, 2.24) is 14.5 Å². The highest BCUT2D eigenvalue weighted by Crippen LogP contribution is 2.34. The Morgan fingerprint density at radius 3 is 2.50 bits per heavy atom. The number of piperazine rings is 1. The molecule has 1 saturated heterocycles. The maximum atomic E-state index is 13.2. The van der Waals surface area contributed by atoms with E-state index in [4.69, 9.17) is 11.6 Å². The molecule has 4 heterocycles. The van der Waals surface area contributed by atoms with Crippen LogP contribution in [0.5, 0.6) is 0 Å². The minimum absolute atomic E-state index is 0.0401. The van der Waals surface area contributed by atoms with Crippen LogP contribution in [0, 0.1) is 13.8 Å². The minimum Gasteiger partial charge on any atom is -0.352 e. The molecule has 1 aliphatic rings. The number of carbonyl (C=O) groups is 1. The highest BCUT2D eigenvalue weighted by atomic mass is 35.5. The number of anilines is 1. The van der Waals surface area contributed by atoms with Crippen molar-refractivity contribution >= 4 is 34.7 Å². The van der Waals surface area contributed by atoms with E-state index in [1.165, 1.54) is 4.88 Å². The molecule has 0 N–H and O–H groups in total. The number of aromatic nitrogens is 2. The number of alkyl halides is 3. The molecular weight excluding hydrogens is 461 g/mol. The largest absolute Gasteiger partial charge is 0.417 e. The zero-order valence-corrected chi connectivity index (χ0v) is 19.2. The summed E-state index contributed by atoms with van der Waals surface area (Å²) in [6.07, 6.45) is -3.70. The lowest BCUT2D eigenvalue weighted by atomic mass is 10.2. The molecule has 0 radical (unpaired) electrons. The van der Waals surface area contributed by atoms with Crippen LogP contribution in [-0.2, 0) is 12.7 Å². The second-order valence-corrected chi connectivity index (χ2v) is 9.20. The maximum absolute atomic E-state index is 13.2. The summed E-state index contributed by atoms with van der Waals surface area (Å²) < 4.78 is 40.7. The van der Waals surface area contributed by atoms with E-state index in [1.807, 2.05) is 36.3 Å². The fourth-order valence-corrected chi connectivity index (χ4v) is 4.91. The van der Waals surface area contributed by atoms with E-state index in [2.05, 4.69) is 15.6 Å². The Balaban J connectivity index is 1.44. The Kier molecular flexibility index (Phi) is 6.22. The molecule has 1 amide bonds. The number of nitrogens with zero attached hydrogens (tertiary/aromatic N) is 4. The first kappa shape index (κ1) is 22.7. The minimum atomic E-state index is -4.49. The van der Waals surface area contributed by atoms with Gasteiger partial charge in [0.15, 0.2) is 0 Å². The number of hydrogen-bond donors (Lipinski definition) is 0. The van der Waals surface area contributed by atoms with Crippen molar-refractivity contribution in [2.24, 2.45) is 0 Å². The first-order valence-electron chi connectivity index (χ1n) is 10.1. The van der Waals surface area contributed by atoms with Crippen molar-refractivity contribution in [3.05, 3.63) is 68.3 Å². The third kappa shape index (κ3) is 4.49. The molecule has 0 bridgehead atoms. The van der Waals surface area contributed by atoms with E-state index in [0.717, 1.165) is 30.2 Å². The lowest BCUT2D eigenvalue weighted by molar-refractivity contribution is -0.137. The molecule has 5 nitrogen and oxygen atoms in total. The van der Waals surface area contributed by atoms with Gasteiger partial charge in [-0.3, -0.25) is 4.79 Å². The van der Waals surface area contributed by atoms with Gasteiger partial charge in [-0.1, -0.05) is 17.7 Å². The van der Waals surface area contributed by atoms with Gasteiger partial charge in [-0.2, -0.15) is 13.2 Å². The Bertz CT molecular complexity index is 1120. The summed E-state index contributed by atoms with van der Waals surface area (Å²) in [5, 5.41) is 1.99. The molecular formula is C22H22ClF3N4OS. The van der Waals surface area contributed by atoms with Crippen LogP contribution >= 0.6 is 22.9 Å². The van der Waals surface area contributed by atoms with Crippen molar-refractivity contribution in [3.63, 3.8) is 0 Å². The Morgan fingerprint density at radius 1 is 1.19 bits per heavy atom. The van der Waals surface area contributed by atoms with Gasteiger partial charge >= 0.3 is 6.18 Å². The van der Waals surface area contributed by atoms with E-state index in [1.54, 1.807) is 16.2 Å². The number of thiophene rings is 1. The van der Waals surface area contributed by atoms with Gasteiger partial charge < -0.3 is 14.4 Å². The standard InChI is InChI=1S/C22H22ClF3N4OS/c1-14-10-18(15(2)30(14)13-17-4-3-9-32-17)21(31)29-7-5-28(6-8-29)20-19(23)11-16(12-27-20)22(24,25)26/h3-4,9-12H,5-8,13H2,1-2H3. The molecule has 0 spiro atoms. The molecule has 1 aliphatic heterocycles. The van der Waals surface area contributed by atoms with Crippen molar-refractivity contribution in [3.8, 4) is 0 Å². The van der Waals surface area contributed by atoms with Gasteiger partial charge in [0.1, 0.15) is 5.82 Å². The summed E-state index contributed by atoms with van der Waals surface area (Å²) in [7, 11) is 0. The van der Waals surface area contributed by atoms with Gasteiger partial charge in [0.05, 0.1) is 22.7 Å². The topological polar surface area (TPSA) is 41.4 Å². The summed E-state index contributed by atoms with van der Waals surface area (Å²) in [5.41, 5.74) is 1.76. The van der Waals surface area contributed by atoms with Crippen LogP contribution in [-0.4, -0.2) is 46.5 Å². The van der Waals surface area contributed by atoms with Crippen LogP contribution in [0.2, 0.25) is 5.02 Å². The number of pyridine rings is 1. The van der Waals surface area contributed by atoms with Gasteiger partial charge in [0.25, 0.3) is 5.91 Å². The maximum Gasteiger partial charge on any atom is 0.417 e. The summed E-state index contributed by atoms with van der Waals surface area (Å²) in [6.45, 7) is 6.44. The molecule has 3 aromatic heterocycles. The van der Waals surface area contributed by atoms with Gasteiger partial charge in [-0.25, -0.2) is 4.98 Å².